The topological polar surface area (TPSA) is 12.0 Å². The Bertz CT molecular complexity index is 155. The fourth-order valence-corrected chi connectivity index (χ4v) is 2.19. The first-order valence-electron chi connectivity index (χ1n) is 6.14. The fourth-order valence-electron chi connectivity index (χ4n) is 2.19. The van der Waals surface area contributed by atoms with E-state index >= 15 is 0 Å². The lowest BCUT2D eigenvalue weighted by Gasteiger charge is -2.26. The van der Waals surface area contributed by atoms with Gasteiger partial charge in [-0.05, 0) is 51.1 Å². The molecule has 82 valence electrons. The van der Waals surface area contributed by atoms with Crippen LogP contribution in [-0.2, 0) is 0 Å². The van der Waals surface area contributed by atoms with Crippen molar-refractivity contribution in [3.05, 3.63) is 12.2 Å². The Kier molecular flexibility index (Phi) is 5.93. The van der Waals surface area contributed by atoms with E-state index in [-0.39, 0.29) is 0 Å². The molecule has 0 saturated heterocycles. The fraction of sp³-hybridized carbons (Fsp3) is 0.846. The number of nitrogens with one attached hydrogen (secondary N) is 1. The maximum absolute atomic E-state index is 3.55. The summed E-state index contributed by atoms with van der Waals surface area (Å²) in [7, 11) is 0. The van der Waals surface area contributed by atoms with Gasteiger partial charge in [-0.15, -0.1) is 0 Å². The number of allylic oxidation sites excluding steroid dienone is 1. The summed E-state index contributed by atoms with van der Waals surface area (Å²) in [5.41, 5.74) is 0. The van der Waals surface area contributed by atoms with Crippen LogP contribution in [0.15, 0.2) is 12.2 Å². The van der Waals surface area contributed by atoms with E-state index < -0.39 is 0 Å². The zero-order valence-electron chi connectivity index (χ0n) is 9.76. The second-order valence-electron chi connectivity index (χ2n) is 4.69. The van der Waals surface area contributed by atoms with Crippen LogP contribution in [0.2, 0.25) is 0 Å². The average Bonchev–Trinajstić information content (AvgIpc) is 2.21. The van der Waals surface area contributed by atoms with Gasteiger partial charge in [0.2, 0.25) is 0 Å². The second kappa shape index (κ2) is 7.05. The van der Waals surface area contributed by atoms with E-state index in [1.54, 1.807) is 0 Å². The van der Waals surface area contributed by atoms with E-state index in [2.05, 4.69) is 31.3 Å². The summed E-state index contributed by atoms with van der Waals surface area (Å²) < 4.78 is 0. The zero-order chi connectivity index (χ0) is 10.2. The van der Waals surface area contributed by atoms with Crippen LogP contribution in [-0.4, -0.2) is 13.1 Å². The molecule has 1 aliphatic carbocycles. The van der Waals surface area contributed by atoms with E-state index in [9.17, 15) is 0 Å². The van der Waals surface area contributed by atoms with E-state index in [0.717, 1.165) is 18.4 Å². The van der Waals surface area contributed by atoms with Crippen molar-refractivity contribution in [2.24, 2.45) is 11.8 Å². The molecule has 0 unspecified atom stereocenters. The molecule has 0 atom stereocenters. The quantitative estimate of drug-likeness (QED) is 0.524. The Morgan fingerprint density at radius 2 is 1.93 bits per heavy atom. The van der Waals surface area contributed by atoms with Crippen molar-refractivity contribution < 1.29 is 0 Å². The Labute approximate surface area is 89.0 Å². The van der Waals surface area contributed by atoms with Gasteiger partial charge in [-0.3, -0.25) is 0 Å². The van der Waals surface area contributed by atoms with Gasteiger partial charge in [0.1, 0.15) is 0 Å². The van der Waals surface area contributed by atoms with Gasteiger partial charge in [-0.2, -0.15) is 0 Å². The van der Waals surface area contributed by atoms with Crippen molar-refractivity contribution in [3.8, 4) is 0 Å². The van der Waals surface area contributed by atoms with Crippen molar-refractivity contribution in [2.45, 2.75) is 46.0 Å². The molecule has 1 nitrogen and oxygen atoms in total. The standard InChI is InChI=1S/C13H25N/c1-3-4-5-10-14-11-13-8-6-12(2)7-9-13/h3-4,12-14H,5-11H2,1-2H3/b4-3+. The summed E-state index contributed by atoms with van der Waals surface area (Å²) in [4.78, 5) is 0. The molecule has 0 radical (unpaired) electrons. The lowest BCUT2D eigenvalue weighted by Crippen LogP contribution is -2.26. The second-order valence-corrected chi connectivity index (χ2v) is 4.69. The average molecular weight is 195 g/mol. The van der Waals surface area contributed by atoms with Crippen LogP contribution in [0.5, 0.6) is 0 Å². The minimum atomic E-state index is 0.955. The van der Waals surface area contributed by atoms with Gasteiger partial charge in [0.15, 0.2) is 0 Å². The molecule has 1 aliphatic rings. The highest BCUT2D eigenvalue weighted by Crippen LogP contribution is 2.27. The third-order valence-corrected chi connectivity index (χ3v) is 3.29. The molecular weight excluding hydrogens is 170 g/mol. The smallest absolute Gasteiger partial charge is 0.00142 e. The van der Waals surface area contributed by atoms with Crippen molar-refractivity contribution in [1.29, 1.82) is 0 Å². The van der Waals surface area contributed by atoms with Crippen LogP contribution in [0, 0.1) is 11.8 Å². The summed E-state index contributed by atoms with van der Waals surface area (Å²) in [5.74, 6) is 1.94. The lowest BCUT2D eigenvalue weighted by atomic mass is 9.83. The lowest BCUT2D eigenvalue weighted by molar-refractivity contribution is 0.282. The summed E-state index contributed by atoms with van der Waals surface area (Å²) in [5, 5.41) is 3.55. The Hall–Kier alpha value is -0.300. The number of hydrogen-bond acceptors (Lipinski definition) is 1. The third-order valence-electron chi connectivity index (χ3n) is 3.29. The maximum atomic E-state index is 3.55. The van der Waals surface area contributed by atoms with Crippen molar-refractivity contribution >= 4 is 0 Å². The SMILES string of the molecule is C/C=C/CCNCC1CCC(C)CC1. The monoisotopic (exact) mass is 195 g/mol. The molecule has 0 aromatic heterocycles. The van der Waals surface area contributed by atoms with Crippen molar-refractivity contribution in [1.82, 2.24) is 5.32 Å². The van der Waals surface area contributed by atoms with Gasteiger partial charge in [0, 0.05) is 0 Å². The molecule has 0 amide bonds. The van der Waals surface area contributed by atoms with Gasteiger partial charge in [0.25, 0.3) is 0 Å². The highest BCUT2D eigenvalue weighted by atomic mass is 14.8. The highest BCUT2D eigenvalue weighted by molar-refractivity contribution is 4.78. The molecule has 1 N–H and O–H groups in total. The predicted octanol–water partition coefficient (Wildman–Crippen LogP) is 3.37. The molecule has 0 aromatic carbocycles. The van der Waals surface area contributed by atoms with Crippen LogP contribution in [0.4, 0.5) is 0 Å². The summed E-state index contributed by atoms with van der Waals surface area (Å²) in [6.07, 6.45) is 11.3. The molecule has 0 bridgehead atoms. The van der Waals surface area contributed by atoms with Crippen LogP contribution in [0.25, 0.3) is 0 Å². The first-order chi connectivity index (χ1) is 6.83. The van der Waals surface area contributed by atoms with Crippen LogP contribution in [0.3, 0.4) is 0 Å². The molecular formula is C13H25N. The minimum absolute atomic E-state index is 0.955. The normalized spacial score (nSPS) is 28.4. The van der Waals surface area contributed by atoms with Gasteiger partial charge >= 0.3 is 0 Å². The highest BCUT2D eigenvalue weighted by Gasteiger charge is 2.17. The molecule has 1 fully saturated rings. The third kappa shape index (κ3) is 4.80. The molecule has 1 saturated carbocycles. The molecule has 0 aromatic rings. The number of rotatable bonds is 5. The van der Waals surface area contributed by atoms with Gasteiger partial charge < -0.3 is 5.32 Å². The predicted molar refractivity (Wildman–Crippen MR) is 63.4 cm³/mol. The molecule has 0 heterocycles. The largest absolute Gasteiger partial charge is 0.316 e. The van der Waals surface area contributed by atoms with E-state index in [1.807, 2.05) is 0 Å². The van der Waals surface area contributed by atoms with Gasteiger partial charge in [-0.1, -0.05) is 31.9 Å². The van der Waals surface area contributed by atoms with E-state index in [0.29, 0.717) is 0 Å². The Morgan fingerprint density at radius 3 is 2.57 bits per heavy atom. The maximum Gasteiger partial charge on any atom is -0.00142 e. The Balaban J connectivity index is 1.96. The first-order valence-corrected chi connectivity index (χ1v) is 6.14. The molecule has 1 rings (SSSR count). The van der Waals surface area contributed by atoms with Crippen LogP contribution >= 0.6 is 0 Å². The first kappa shape index (κ1) is 11.8. The van der Waals surface area contributed by atoms with E-state index in [4.69, 9.17) is 0 Å². The number of hydrogen-bond donors (Lipinski definition) is 1. The van der Waals surface area contributed by atoms with Gasteiger partial charge in [0.05, 0.1) is 0 Å². The molecule has 0 aliphatic heterocycles. The summed E-state index contributed by atoms with van der Waals surface area (Å²) in [6.45, 7) is 6.86. The van der Waals surface area contributed by atoms with Crippen molar-refractivity contribution in [2.75, 3.05) is 13.1 Å². The van der Waals surface area contributed by atoms with Crippen LogP contribution in [0.1, 0.15) is 46.0 Å². The van der Waals surface area contributed by atoms with Crippen molar-refractivity contribution in [3.63, 3.8) is 0 Å². The molecule has 1 heteroatoms. The molecule has 0 spiro atoms. The molecule has 14 heavy (non-hydrogen) atoms. The van der Waals surface area contributed by atoms with Crippen LogP contribution < -0.4 is 5.32 Å². The van der Waals surface area contributed by atoms with Gasteiger partial charge in [-0.25, -0.2) is 0 Å². The Morgan fingerprint density at radius 1 is 1.21 bits per heavy atom. The summed E-state index contributed by atoms with van der Waals surface area (Å²) in [6, 6.07) is 0. The van der Waals surface area contributed by atoms with E-state index in [1.165, 1.54) is 38.6 Å². The minimum Gasteiger partial charge on any atom is -0.316 e. The zero-order valence-corrected chi connectivity index (χ0v) is 9.76. The summed E-state index contributed by atoms with van der Waals surface area (Å²) >= 11 is 0.